The van der Waals surface area contributed by atoms with E-state index in [4.69, 9.17) is 0 Å². The largest absolute Gasteiger partial charge is 0.481 e. The summed E-state index contributed by atoms with van der Waals surface area (Å²) in [4.78, 5) is 35.6. The number of rotatable bonds is 8. The molecule has 0 radical (unpaired) electrons. The number of aliphatic carboxylic acids is 1. The van der Waals surface area contributed by atoms with Crippen molar-refractivity contribution in [2.75, 3.05) is 0 Å². The van der Waals surface area contributed by atoms with Crippen molar-refractivity contribution < 1.29 is 19.5 Å². The Labute approximate surface area is 147 Å². The first kappa shape index (κ1) is 18.6. The fourth-order valence-corrected chi connectivity index (χ4v) is 2.97. The molecule has 1 aliphatic carbocycles. The molecule has 1 aromatic rings. The first-order valence-corrected chi connectivity index (χ1v) is 8.22. The van der Waals surface area contributed by atoms with Crippen LogP contribution in [0.4, 0.5) is 0 Å². The Kier molecular flexibility index (Phi) is 5.57. The van der Waals surface area contributed by atoms with Crippen LogP contribution in [0.1, 0.15) is 37.8 Å². The van der Waals surface area contributed by atoms with Crippen LogP contribution in [0.15, 0.2) is 43.0 Å². The highest BCUT2D eigenvalue weighted by atomic mass is 16.4. The third-order valence-electron chi connectivity index (χ3n) is 4.50. The Bertz CT molecular complexity index is 746. The number of benzene rings is 1. The fourth-order valence-electron chi connectivity index (χ4n) is 2.97. The zero-order chi connectivity index (χ0) is 18.6. The molecule has 1 aliphatic rings. The number of fused-ring (bicyclic) bond motifs is 1. The lowest BCUT2D eigenvalue weighted by Crippen LogP contribution is -2.50. The van der Waals surface area contributed by atoms with Gasteiger partial charge in [0, 0.05) is 6.42 Å². The number of amides is 1. The van der Waals surface area contributed by atoms with Crippen molar-refractivity contribution in [3.05, 3.63) is 54.1 Å². The van der Waals surface area contributed by atoms with Gasteiger partial charge in [-0.1, -0.05) is 36.9 Å². The van der Waals surface area contributed by atoms with Crippen LogP contribution < -0.4 is 5.32 Å². The SMILES string of the molecule is C=CC(=O)NC(C)(C)C(=O)CC(CC1=CCc2ccccc21)C(=O)O. The smallest absolute Gasteiger partial charge is 0.307 e. The van der Waals surface area contributed by atoms with Crippen molar-refractivity contribution in [1.82, 2.24) is 5.32 Å². The molecule has 1 aromatic carbocycles. The molecule has 0 bridgehead atoms. The molecule has 0 fully saturated rings. The van der Waals surface area contributed by atoms with Gasteiger partial charge < -0.3 is 10.4 Å². The maximum absolute atomic E-state index is 12.5. The van der Waals surface area contributed by atoms with Crippen LogP contribution in [-0.4, -0.2) is 28.3 Å². The van der Waals surface area contributed by atoms with Gasteiger partial charge in [-0.3, -0.25) is 14.4 Å². The van der Waals surface area contributed by atoms with E-state index < -0.39 is 23.3 Å². The third-order valence-corrected chi connectivity index (χ3v) is 4.50. The lowest BCUT2D eigenvalue weighted by atomic mass is 9.86. The molecule has 0 aromatic heterocycles. The first-order valence-electron chi connectivity index (χ1n) is 8.22. The van der Waals surface area contributed by atoms with Crippen LogP contribution in [0.25, 0.3) is 5.57 Å². The van der Waals surface area contributed by atoms with Gasteiger partial charge in [0.05, 0.1) is 11.5 Å². The Morgan fingerprint density at radius 2 is 2.00 bits per heavy atom. The van der Waals surface area contributed by atoms with Crippen molar-refractivity contribution in [2.24, 2.45) is 5.92 Å². The number of carbonyl (C=O) groups excluding carboxylic acids is 2. The molecule has 1 amide bonds. The maximum atomic E-state index is 12.5. The van der Waals surface area contributed by atoms with Gasteiger partial charge in [-0.2, -0.15) is 0 Å². The number of ketones is 1. The number of nitrogens with one attached hydrogen (secondary N) is 1. The van der Waals surface area contributed by atoms with E-state index in [0.29, 0.717) is 6.42 Å². The van der Waals surface area contributed by atoms with Gasteiger partial charge >= 0.3 is 5.97 Å². The maximum Gasteiger partial charge on any atom is 0.307 e. The molecule has 5 nitrogen and oxygen atoms in total. The van der Waals surface area contributed by atoms with Gasteiger partial charge in [0.1, 0.15) is 0 Å². The Morgan fingerprint density at radius 1 is 1.32 bits per heavy atom. The molecule has 0 aliphatic heterocycles. The molecule has 0 saturated heterocycles. The quantitative estimate of drug-likeness (QED) is 0.712. The monoisotopic (exact) mass is 341 g/mol. The van der Waals surface area contributed by atoms with Crippen LogP contribution in [0.5, 0.6) is 0 Å². The van der Waals surface area contributed by atoms with Crippen molar-refractivity contribution >= 4 is 23.2 Å². The van der Waals surface area contributed by atoms with Crippen LogP contribution in [0, 0.1) is 5.92 Å². The molecule has 0 saturated carbocycles. The van der Waals surface area contributed by atoms with Crippen LogP contribution in [0.2, 0.25) is 0 Å². The summed E-state index contributed by atoms with van der Waals surface area (Å²) >= 11 is 0. The molecule has 0 heterocycles. The molecule has 5 heteroatoms. The second-order valence-electron chi connectivity index (χ2n) is 6.78. The van der Waals surface area contributed by atoms with Crippen molar-refractivity contribution in [3.8, 4) is 0 Å². The standard InChI is InChI=1S/C20H23NO4/c1-4-18(23)21-20(2,3)17(22)12-15(19(24)25)11-14-10-9-13-7-5-6-8-16(13)14/h4-8,10,15H,1,9,11-12H2,2-3H3,(H,21,23)(H,24,25). The lowest BCUT2D eigenvalue weighted by Gasteiger charge is -2.25. The molecule has 1 unspecified atom stereocenters. The molecule has 0 spiro atoms. The molecule has 2 N–H and O–H groups in total. The van der Waals surface area contributed by atoms with Gasteiger partial charge in [0.15, 0.2) is 5.78 Å². The van der Waals surface area contributed by atoms with Crippen molar-refractivity contribution in [3.63, 3.8) is 0 Å². The number of hydrogen-bond acceptors (Lipinski definition) is 3. The van der Waals surface area contributed by atoms with Gasteiger partial charge in [0.25, 0.3) is 0 Å². The highest BCUT2D eigenvalue weighted by Gasteiger charge is 2.33. The highest BCUT2D eigenvalue weighted by molar-refractivity contribution is 5.97. The number of hydrogen-bond donors (Lipinski definition) is 2. The summed E-state index contributed by atoms with van der Waals surface area (Å²) in [6.45, 7) is 6.50. The average molecular weight is 341 g/mol. The summed E-state index contributed by atoms with van der Waals surface area (Å²) in [7, 11) is 0. The Balaban J connectivity index is 2.09. The van der Waals surface area contributed by atoms with Gasteiger partial charge in [-0.05, 0) is 49.5 Å². The normalized spacial score (nSPS) is 14.2. The third kappa shape index (κ3) is 4.44. The van der Waals surface area contributed by atoms with E-state index in [1.54, 1.807) is 13.8 Å². The van der Waals surface area contributed by atoms with E-state index in [1.165, 1.54) is 5.56 Å². The van der Waals surface area contributed by atoms with Crippen LogP contribution in [0.3, 0.4) is 0 Å². The number of carboxylic acids is 1. The second-order valence-corrected chi connectivity index (χ2v) is 6.78. The molecule has 132 valence electrons. The van der Waals surface area contributed by atoms with Crippen LogP contribution in [-0.2, 0) is 20.8 Å². The van der Waals surface area contributed by atoms with E-state index >= 15 is 0 Å². The van der Waals surface area contributed by atoms with Gasteiger partial charge in [0.2, 0.25) is 5.91 Å². The highest BCUT2D eigenvalue weighted by Crippen LogP contribution is 2.33. The van der Waals surface area contributed by atoms with E-state index in [9.17, 15) is 19.5 Å². The predicted octanol–water partition coefficient (Wildman–Crippen LogP) is 2.76. The molecular formula is C20H23NO4. The number of allylic oxidation sites excluding steroid dienone is 2. The predicted molar refractivity (Wildman–Crippen MR) is 95.9 cm³/mol. The molecule has 1 atom stereocenters. The minimum atomic E-state index is -1.14. The molecule has 25 heavy (non-hydrogen) atoms. The Hall–Kier alpha value is -2.69. The number of Topliss-reactive ketones (excluding diaryl/α,β-unsaturated/α-hetero) is 1. The minimum Gasteiger partial charge on any atom is -0.481 e. The lowest BCUT2D eigenvalue weighted by molar-refractivity contribution is -0.144. The number of carboxylic acid groups (broad SMARTS) is 1. The average Bonchev–Trinajstić information content (AvgIpc) is 2.96. The van der Waals surface area contributed by atoms with Gasteiger partial charge in [-0.25, -0.2) is 0 Å². The zero-order valence-corrected chi connectivity index (χ0v) is 14.5. The fraction of sp³-hybridized carbons (Fsp3) is 0.350. The van der Waals surface area contributed by atoms with Gasteiger partial charge in [-0.15, -0.1) is 0 Å². The summed E-state index contributed by atoms with van der Waals surface area (Å²) in [5, 5.41) is 12.1. The number of carbonyl (C=O) groups is 3. The molecule has 2 rings (SSSR count). The first-order chi connectivity index (χ1) is 11.7. The molecular weight excluding hydrogens is 318 g/mol. The minimum absolute atomic E-state index is 0.140. The van der Waals surface area contributed by atoms with E-state index in [-0.39, 0.29) is 12.2 Å². The zero-order valence-electron chi connectivity index (χ0n) is 14.5. The van der Waals surface area contributed by atoms with E-state index in [0.717, 1.165) is 23.6 Å². The van der Waals surface area contributed by atoms with E-state index in [2.05, 4.69) is 11.9 Å². The summed E-state index contributed by atoms with van der Waals surface area (Å²) < 4.78 is 0. The topological polar surface area (TPSA) is 83.5 Å². The summed E-state index contributed by atoms with van der Waals surface area (Å²) in [6.07, 6.45) is 4.05. The van der Waals surface area contributed by atoms with Crippen molar-refractivity contribution in [1.29, 1.82) is 0 Å². The summed E-state index contributed by atoms with van der Waals surface area (Å²) in [5.41, 5.74) is 2.05. The van der Waals surface area contributed by atoms with E-state index in [1.807, 2.05) is 30.3 Å². The van der Waals surface area contributed by atoms with Crippen molar-refractivity contribution in [2.45, 2.75) is 38.6 Å². The Morgan fingerprint density at radius 3 is 2.64 bits per heavy atom. The second kappa shape index (κ2) is 7.47. The van der Waals surface area contributed by atoms with Crippen LogP contribution >= 0.6 is 0 Å². The summed E-state index contributed by atoms with van der Waals surface area (Å²) in [5.74, 6) is -2.62. The summed E-state index contributed by atoms with van der Waals surface area (Å²) in [6, 6.07) is 7.88.